The van der Waals surface area contributed by atoms with E-state index in [-0.39, 0.29) is 68.6 Å². The van der Waals surface area contributed by atoms with E-state index in [1.165, 1.54) is 64.5 Å². The summed E-state index contributed by atoms with van der Waals surface area (Å²) in [6.07, 6.45) is -1.95. The first kappa shape index (κ1) is 78.3. The molecule has 30 heteroatoms. The van der Waals surface area contributed by atoms with Crippen molar-refractivity contribution in [1.29, 1.82) is 0 Å². The number of rotatable bonds is 37. The molecule has 94 heavy (non-hydrogen) atoms. The van der Waals surface area contributed by atoms with Crippen LogP contribution in [0.15, 0.2) is 84.0 Å². The highest BCUT2D eigenvalue weighted by Crippen LogP contribution is 2.45. The third kappa shape index (κ3) is 22.8. The van der Waals surface area contributed by atoms with Crippen molar-refractivity contribution < 1.29 is 86.3 Å². The summed E-state index contributed by atoms with van der Waals surface area (Å²) in [5, 5.41) is 31.0. The molecule has 0 spiro atoms. The smallest absolute Gasteiger partial charge is 0.415 e. The molecule has 1 aliphatic heterocycles. The molecule has 0 radical (unpaired) electrons. The van der Waals surface area contributed by atoms with Crippen molar-refractivity contribution in [1.82, 2.24) is 40.2 Å². The van der Waals surface area contributed by atoms with Crippen LogP contribution in [-0.2, 0) is 71.6 Å². The Bertz CT molecular complexity index is 3120. The quantitative estimate of drug-likeness (QED) is 0.0151. The van der Waals surface area contributed by atoms with Crippen molar-refractivity contribution in [2.24, 2.45) is 28.8 Å². The van der Waals surface area contributed by atoms with Crippen molar-refractivity contribution in [2.75, 3.05) is 68.7 Å². The number of carboxylic acids is 2. The molecule has 0 aromatic heterocycles. The minimum atomic E-state index is -4.51. The summed E-state index contributed by atoms with van der Waals surface area (Å²) in [6.45, 7) is 12.0. The van der Waals surface area contributed by atoms with Gasteiger partial charge in [-0.1, -0.05) is 115 Å². The van der Waals surface area contributed by atoms with Crippen molar-refractivity contribution in [3.8, 4) is 5.75 Å². The zero-order valence-corrected chi connectivity index (χ0v) is 56.8. The SMILES string of the molecule is CC[C@H](C)[C@@H](C(CC(=O)N1CCCC1C(OC)C(C)C(=O)NC(Cc1ccccc1)C(=O)O)OC)N(C)C(=O)[C@@H](NC(=O)[C@H](C(C)C)N(C)C(=O)OCc1ccc(OC(=O)N(C)CCN(C)P(=O)(O)OCCC(NC(=O)c2ccc(CN=[N+]=[N-])cc2)C(=O)O)cc1)C(C)C. The highest BCUT2D eigenvalue weighted by molar-refractivity contribution is 7.50. The Morgan fingerprint density at radius 1 is 0.755 bits per heavy atom. The molecule has 29 nitrogen and oxygen atoms in total. The van der Waals surface area contributed by atoms with Crippen LogP contribution in [0.3, 0.4) is 0 Å². The number of carboxylic acid groups (broad SMARTS) is 2. The summed E-state index contributed by atoms with van der Waals surface area (Å²) in [7, 11) is 4.08. The number of carbonyl (C=O) groups excluding carboxylic acids is 7. The maximum atomic E-state index is 14.8. The van der Waals surface area contributed by atoms with E-state index in [1.54, 1.807) is 95.1 Å². The molecule has 518 valence electrons. The molecule has 0 aliphatic carbocycles. The summed E-state index contributed by atoms with van der Waals surface area (Å²) >= 11 is 0. The Morgan fingerprint density at radius 3 is 1.95 bits per heavy atom. The van der Waals surface area contributed by atoms with E-state index in [1.807, 2.05) is 19.9 Å². The van der Waals surface area contributed by atoms with Crippen LogP contribution in [0.25, 0.3) is 10.4 Å². The minimum absolute atomic E-state index is 0.0616. The maximum Gasteiger partial charge on any atom is 0.415 e. The Balaban J connectivity index is 1.31. The predicted molar refractivity (Wildman–Crippen MR) is 345 cm³/mol. The number of carbonyl (C=O) groups is 9. The number of benzene rings is 3. The third-order valence-corrected chi connectivity index (χ3v) is 18.4. The number of likely N-dealkylation sites (tertiary alicyclic amines) is 1. The monoisotopic (exact) mass is 1340 g/mol. The molecular formula is C64H94N11O18P. The lowest BCUT2D eigenvalue weighted by Gasteiger charge is -2.41. The van der Waals surface area contributed by atoms with Crippen LogP contribution < -0.4 is 20.7 Å². The number of nitrogens with zero attached hydrogens (tertiary/aromatic N) is 8. The second kappa shape index (κ2) is 37.7. The number of methoxy groups -OCH3 is 2. The standard InChI is InChI=1S/C64H94N11O18P/c1-14-41(6)55(51(89-12)36-52(76)75-31-18-21-50(75)56(90-13)42(7)57(77)68-49(62(83)84)35-43-19-16-15-17-20-43)73(10)60(80)53(39(2)3)69-59(79)54(40(4)5)74(11)64(86)91-38-45-24-28-47(29-25-45)93-63(85)71(8)32-33-72(9)94(87,88)92-34-30-48(61(81)82)67-58(78)46-26-22-44(23-27-46)37-66-70-65/h15-17,19-20,22-29,39-42,48-51,53-56H,14,18,21,30-38H2,1-13H3,(H,67,78)(H,68,77)(H,69,79)(H,81,82)(H,83,84)(H,87,88)/t41-,42?,48?,49?,50?,51?,53-,54-,55-,56?/m0/s1. The van der Waals surface area contributed by atoms with Crippen LogP contribution in [-0.4, -0.2) is 210 Å². The Kier molecular flexibility index (Phi) is 31.4. The minimum Gasteiger partial charge on any atom is -0.480 e. The topological polar surface area (TPSA) is 379 Å². The number of ether oxygens (including phenoxy) is 4. The summed E-state index contributed by atoms with van der Waals surface area (Å²) in [4.78, 5) is 139. The predicted octanol–water partition coefficient (Wildman–Crippen LogP) is 6.72. The van der Waals surface area contributed by atoms with E-state index < -0.39 is 128 Å². The van der Waals surface area contributed by atoms with Gasteiger partial charge in [-0.3, -0.25) is 33.4 Å². The molecule has 4 rings (SSSR count). The average Bonchev–Trinajstić information content (AvgIpc) is 1.44. The highest BCUT2D eigenvalue weighted by Gasteiger charge is 2.44. The molecule has 3 aromatic rings. The molecule has 0 bridgehead atoms. The first-order chi connectivity index (χ1) is 44.4. The van der Waals surface area contributed by atoms with Gasteiger partial charge in [0.15, 0.2) is 0 Å². The fraction of sp³-hybridized carbons (Fsp3) is 0.578. The van der Waals surface area contributed by atoms with Crippen LogP contribution in [0.4, 0.5) is 9.59 Å². The normalized spacial score (nSPS) is 16.5. The lowest BCUT2D eigenvalue weighted by molar-refractivity contribution is -0.148. The van der Waals surface area contributed by atoms with E-state index in [2.05, 4.69) is 26.0 Å². The third-order valence-electron chi connectivity index (χ3n) is 16.8. The zero-order chi connectivity index (χ0) is 70.1. The summed E-state index contributed by atoms with van der Waals surface area (Å²) < 4.78 is 42.2. The lowest BCUT2D eigenvalue weighted by atomic mass is 9.89. The lowest BCUT2D eigenvalue weighted by Crippen LogP contribution is -2.60. The fourth-order valence-corrected chi connectivity index (χ4v) is 11.9. The molecule has 1 fully saturated rings. The van der Waals surface area contributed by atoms with Crippen molar-refractivity contribution in [3.05, 3.63) is 112 Å². The van der Waals surface area contributed by atoms with Crippen molar-refractivity contribution in [3.63, 3.8) is 0 Å². The highest BCUT2D eigenvalue weighted by atomic mass is 31.2. The molecule has 1 heterocycles. The van der Waals surface area contributed by atoms with Crippen LogP contribution >= 0.6 is 7.75 Å². The van der Waals surface area contributed by atoms with E-state index in [9.17, 15) is 62.8 Å². The van der Waals surface area contributed by atoms with Gasteiger partial charge in [0, 0.05) is 78.3 Å². The van der Waals surface area contributed by atoms with Gasteiger partial charge in [-0.25, -0.2) is 28.4 Å². The van der Waals surface area contributed by atoms with E-state index in [0.29, 0.717) is 36.9 Å². The number of nitrogens with one attached hydrogen (secondary N) is 3. The largest absolute Gasteiger partial charge is 0.480 e. The molecule has 3 aromatic carbocycles. The molecular weight excluding hydrogens is 1240 g/mol. The van der Waals surface area contributed by atoms with Gasteiger partial charge in [-0.05, 0) is 84.1 Å². The van der Waals surface area contributed by atoms with Gasteiger partial charge in [0.1, 0.15) is 36.5 Å². The van der Waals surface area contributed by atoms with Crippen LogP contribution in [0.5, 0.6) is 5.75 Å². The van der Waals surface area contributed by atoms with E-state index in [0.717, 1.165) is 20.0 Å². The number of hydrogen-bond donors (Lipinski definition) is 6. The number of likely N-dealkylation sites (N-methyl/N-ethyl adjacent to an activating group) is 4. The Hall–Kier alpha value is -8.17. The van der Waals surface area contributed by atoms with Gasteiger partial charge in [-0.15, -0.1) is 0 Å². The van der Waals surface area contributed by atoms with Crippen LogP contribution in [0.2, 0.25) is 0 Å². The number of hydrogen-bond acceptors (Lipinski definition) is 16. The zero-order valence-electron chi connectivity index (χ0n) is 55.9. The van der Waals surface area contributed by atoms with E-state index in [4.69, 9.17) is 29.0 Å². The maximum absolute atomic E-state index is 14.8. The van der Waals surface area contributed by atoms with Crippen LogP contribution in [0, 0.1) is 23.7 Å². The van der Waals surface area contributed by atoms with Gasteiger partial charge < -0.3 is 64.7 Å². The average molecular weight is 1340 g/mol. The van der Waals surface area contributed by atoms with Gasteiger partial charge in [0.25, 0.3) is 5.91 Å². The molecule has 7 unspecified atom stereocenters. The van der Waals surface area contributed by atoms with Gasteiger partial charge in [0.05, 0.1) is 49.8 Å². The first-order valence-corrected chi connectivity index (χ1v) is 32.7. The summed E-state index contributed by atoms with van der Waals surface area (Å²) in [6, 6.07) is 14.9. The van der Waals surface area contributed by atoms with Gasteiger partial charge in [-0.2, -0.15) is 0 Å². The van der Waals surface area contributed by atoms with Crippen LogP contribution in [0.1, 0.15) is 108 Å². The molecule has 1 aliphatic rings. The Labute approximate surface area is 549 Å². The number of aliphatic carboxylic acids is 2. The molecule has 6 N–H and O–H groups in total. The first-order valence-electron chi connectivity index (χ1n) is 31.1. The molecule has 11 atom stereocenters. The van der Waals surface area contributed by atoms with Gasteiger partial charge in [0.2, 0.25) is 23.6 Å². The second-order valence-electron chi connectivity index (χ2n) is 24.1. The molecule has 7 amide bonds. The van der Waals surface area contributed by atoms with Crippen molar-refractivity contribution in [2.45, 2.75) is 149 Å². The number of amides is 7. The van der Waals surface area contributed by atoms with E-state index >= 15 is 0 Å². The second-order valence-corrected chi connectivity index (χ2v) is 26.1. The van der Waals surface area contributed by atoms with Crippen molar-refractivity contribution >= 4 is 61.4 Å². The molecule has 1 saturated heterocycles. The van der Waals surface area contributed by atoms with Gasteiger partial charge >= 0.3 is 31.9 Å². The number of azide groups is 1. The fourth-order valence-electron chi connectivity index (χ4n) is 11.0. The summed E-state index contributed by atoms with van der Waals surface area (Å²) in [5.41, 5.74) is 10.5. The summed E-state index contributed by atoms with van der Waals surface area (Å²) in [5.74, 6) is -7.03. The Morgan fingerprint density at radius 2 is 1.38 bits per heavy atom. The molecule has 0 saturated carbocycles.